The van der Waals surface area contributed by atoms with Crippen LogP contribution < -0.4 is 4.74 Å². The lowest BCUT2D eigenvalue weighted by atomic mass is 10.2. The Balaban J connectivity index is 2.71. The van der Waals surface area contributed by atoms with Crippen LogP contribution in [0.25, 0.3) is 10.1 Å². The third-order valence-electron chi connectivity index (χ3n) is 1.99. The van der Waals surface area contributed by atoms with Crippen LogP contribution in [0.2, 0.25) is 0 Å². The molecule has 4 heteroatoms. The second-order valence-electron chi connectivity index (χ2n) is 2.89. The predicted molar refractivity (Wildman–Crippen MR) is 54.3 cm³/mol. The van der Waals surface area contributed by atoms with E-state index in [2.05, 4.69) is 0 Å². The Morgan fingerprint density at radius 1 is 1.43 bits per heavy atom. The standard InChI is InChI=1S/C10H9FO2S/c1-13-9-2-6(11)3-10-8(9)4-7(5-12)14-10/h2-4,12H,5H2,1H3. The van der Waals surface area contributed by atoms with Crippen LogP contribution in [-0.4, -0.2) is 12.2 Å². The molecule has 0 amide bonds. The zero-order valence-corrected chi connectivity index (χ0v) is 8.40. The van der Waals surface area contributed by atoms with Gasteiger partial charge >= 0.3 is 0 Å². The van der Waals surface area contributed by atoms with Gasteiger partial charge in [-0.2, -0.15) is 0 Å². The summed E-state index contributed by atoms with van der Waals surface area (Å²) in [6.45, 7) is -0.0237. The van der Waals surface area contributed by atoms with Crippen LogP contribution in [-0.2, 0) is 6.61 Å². The van der Waals surface area contributed by atoms with Crippen molar-refractivity contribution in [3.05, 3.63) is 28.9 Å². The normalized spacial score (nSPS) is 10.8. The molecule has 1 heterocycles. The second-order valence-corrected chi connectivity index (χ2v) is 4.06. The maximum absolute atomic E-state index is 13.1. The van der Waals surface area contributed by atoms with Gasteiger partial charge in [-0.25, -0.2) is 4.39 Å². The number of ether oxygens (including phenoxy) is 1. The van der Waals surface area contributed by atoms with Crippen LogP contribution in [0.3, 0.4) is 0 Å². The number of rotatable bonds is 2. The van der Waals surface area contributed by atoms with Crippen molar-refractivity contribution >= 4 is 21.4 Å². The van der Waals surface area contributed by atoms with Gasteiger partial charge in [-0.15, -0.1) is 11.3 Å². The third kappa shape index (κ3) is 1.47. The summed E-state index contributed by atoms with van der Waals surface area (Å²) in [7, 11) is 1.50. The molecule has 0 bridgehead atoms. The van der Waals surface area contributed by atoms with Crippen LogP contribution in [0.4, 0.5) is 4.39 Å². The fourth-order valence-corrected chi connectivity index (χ4v) is 2.34. The van der Waals surface area contributed by atoms with Crippen LogP contribution in [0, 0.1) is 5.82 Å². The van der Waals surface area contributed by atoms with E-state index in [1.807, 2.05) is 6.07 Å². The van der Waals surface area contributed by atoms with Gasteiger partial charge in [0.1, 0.15) is 11.6 Å². The van der Waals surface area contributed by atoms with E-state index in [0.717, 1.165) is 15.0 Å². The summed E-state index contributed by atoms with van der Waals surface area (Å²) in [6.07, 6.45) is 0. The van der Waals surface area contributed by atoms with Gasteiger partial charge < -0.3 is 9.84 Å². The first kappa shape index (κ1) is 9.43. The molecule has 0 aliphatic carbocycles. The Labute approximate surface area is 84.6 Å². The topological polar surface area (TPSA) is 29.5 Å². The van der Waals surface area contributed by atoms with Gasteiger partial charge in [0.2, 0.25) is 0 Å². The molecule has 2 nitrogen and oxygen atoms in total. The van der Waals surface area contributed by atoms with Crippen molar-refractivity contribution in [2.24, 2.45) is 0 Å². The Bertz CT molecular complexity index is 464. The molecular formula is C10H9FO2S. The van der Waals surface area contributed by atoms with E-state index in [9.17, 15) is 4.39 Å². The highest BCUT2D eigenvalue weighted by molar-refractivity contribution is 7.19. The molecule has 0 spiro atoms. The maximum atomic E-state index is 13.1. The summed E-state index contributed by atoms with van der Waals surface area (Å²) in [6, 6.07) is 4.61. The number of methoxy groups -OCH3 is 1. The molecule has 0 atom stereocenters. The largest absolute Gasteiger partial charge is 0.496 e. The van der Waals surface area contributed by atoms with Gasteiger partial charge in [0.05, 0.1) is 13.7 Å². The van der Waals surface area contributed by atoms with Crippen LogP contribution >= 0.6 is 11.3 Å². The number of halogens is 1. The summed E-state index contributed by atoms with van der Waals surface area (Å²) in [4.78, 5) is 0.809. The molecule has 2 aromatic rings. The molecule has 1 N–H and O–H groups in total. The van der Waals surface area contributed by atoms with E-state index in [0.29, 0.717) is 5.75 Å². The van der Waals surface area contributed by atoms with Gasteiger partial charge in [-0.3, -0.25) is 0 Å². The van der Waals surface area contributed by atoms with Crippen molar-refractivity contribution in [1.29, 1.82) is 0 Å². The van der Waals surface area contributed by atoms with E-state index >= 15 is 0 Å². The first-order chi connectivity index (χ1) is 6.74. The average Bonchev–Trinajstić information content (AvgIpc) is 2.59. The molecule has 0 unspecified atom stereocenters. The lowest BCUT2D eigenvalue weighted by Crippen LogP contribution is -1.84. The lowest BCUT2D eigenvalue weighted by molar-refractivity contribution is 0.285. The van der Waals surface area contributed by atoms with Gasteiger partial charge in [-0.05, 0) is 12.1 Å². The van der Waals surface area contributed by atoms with Crippen molar-refractivity contribution in [3.63, 3.8) is 0 Å². The molecule has 0 aliphatic heterocycles. The predicted octanol–water partition coefficient (Wildman–Crippen LogP) is 2.54. The number of aliphatic hydroxyl groups is 1. The smallest absolute Gasteiger partial charge is 0.130 e. The van der Waals surface area contributed by atoms with Crippen molar-refractivity contribution in [3.8, 4) is 5.75 Å². The Morgan fingerprint density at radius 2 is 2.21 bits per heavy atom. The van der Waals surface area contributed by atoms with Crippen LogP contribution in [0.15, 0.2) is 18.2 Å². The van der Waals surface area contributed by atoms with Crippen LogP contribution in [0.5, 0.6) is 5.75 Å². The summed E-state index contributed by atoms with van der Waals surface area (Å²) >= 11 is 1.37. The highest BCUT2D eigenvalue weighted by Crippen LogP contribution is 2.33. The number of fused-ring (bicyclic) bond motifs is 1. The first-order valence-corrected chi connectivity index (χ1v) is 4.93. The fraction of sp³-hybridized carbons (Fsp3) is 0.200. The molecule has 0 radical (unpaired) electrons. The summed E-state index contributed by atoms with van der Waals surface area (Å²) < 4.78 is 18.9. The van der Waals surface area contributed by atoms with Crippen molar-refractivity contribution < 1.29 is 14.2 Å². The molecule has 0 aliphatic rings. The average molecular weight is 212 g/mol. The third-order valence-corrected chi connectivity index (χ3v) is 3.06. The molecule has 0 fully saturated rings. The summed E-state index contributed by atoms with van der Waals surface area (Å²) in [5.41, 5.74) is 0. The monoisotopic (exact) mass is 212 g/mol. The number of aliphatic hydroxyl groups excluding tert-OH is 1. The fourth-order valence-electron chi connectivity index (χ4n) is 1.37. The number of hydrogen-bond donors (Lipinski definition) is 1. The zero-order valence-electron chi connectivity index (χ0n) is 7.58. The Morgan fingerprint density at radius 3 is 2.86 bits per heavy atom. The minimum absolute atomic E-state index is 0.0237. The van der Waals surface area contributed by atoms with Crippen molar-refractivity contribution in [2.45, 2.75) is 6.61 Å². The van der Waals surface area contributed by atoms with E-state index in [4.69, 9.17) is 9.84 Å². The first-order valence-electron chi connectivity index (χ1n) is 4.11. The Kier molecular flexibility index (Phi) is 2.39. The van der Waals surface area contributed by atoms with Crippen molar-refractivity contribution in [2.75, 3.05) is 7.11 Å². The molecule has 2 rings (SSSR count). The highest BCUT2D eigenvalue weighted by atomic mass is 32.1. The van der Waals surface area contributed by atoms with E-state index in [-0.39, 0.29) is 12.4 Å². The molecule has 1 aromatic carbocycles. The minimum atomic E-state index is -0.319. The molecule has 1 aromatic heterocycles. The Hall–Kier alpha value is -1.13. The zero-order chi connectivity index (χ0) is 10.1. The van der Waals surface area contributed by atoms with Gasteiger partial charge in [0, 0.05) is 21.0 Å². The molecular weight excluding hydrogens is 203 g/mol. The van der Waals surface area contributed by atoms with Crippen molar-refractivity contribution in [1.82, 2.24) is 0 Å². The molecule has 14 heavy (non-hydrogen) atoms. The van der Waals surface area contributed by atoms with Gasteiger partial charge in [0.15, 0.2) is 0 Å². The van der Waals surface area contributed by atoms with Gasteiger partial charge in [0.25, 0.3) is 0 Å². The quantitative estimate of drug-likeness (QED) is 0.829. The van der Waals surface area contributed by atoms with E-state index in [1.54, 1.807) is 0 Å². The minimum Gasteiger partial charge on any atom is -0.496 e. The van der Waals surface area contributed by atoms with E-state index in [1.165, 1.54) is 30.6 Å². The molecule has 0 saturated heterocycles. The molecule has 0 saturated carbocycles. The summed E-state index contributed by atoms with van der Waals surface area (Å²) in [5.74, 6) is 0.191. The molecule has 74 valence electrons. The maximum Gasteiger partial charge on any atom is 0.130 e. The lowest BCUT2D eigenvalue weighted by Gasteiger charge is -2.00. The number of benzene rings is 1. The highest BCUT2D eigenvalue weighted by Gasteiger charge is 2.08. The van der Waals surface area contributed by atoms with E-state index < -0.39 is 0 Å². The number of thiophene rings is 1. The summed E-state index contributed by atoms with van der Waals surface area (Å²) in [5, 5.41) is 9.80. The SMILES string of the molecule is COc1cc(F)cc2sc(CO)cc12. The van der Waals surface area contributed by atoms with Gasteiger partial charge in [-0.1, -0.05) is 0 Å². The number of hydrogen-bond acceptors (Lipinski definition) is 3. The van der Waals surface area contributed by atoms with Crippen LogP contribution in [0.1, 0.15) is 4.88 Å². The second kappa shape index (κ2) is 3.55.